The van der Waals surface area contributed by atoms with Gasteiger partial charge in [-0.1, -0.05) is 0 Å². The predicted octanol–water partition coefficient (Wildman–Crippen LogP) is 0.354. The largest absolute Gasteiger partial charge is 0.369 e. The topological polar surface area (TPSA) is 129 Å². The Morgan fingerprint density at radius 3 is 2.47 bits per heavy atom. The number of primary amides is 1. The van der Waals surface area contributed by atoms with Crippen LogP contribution in [0.3, 0.4) is 0 Å². The van der Waals surface area contributed by atoms with Crippen LogP contribution in [-0.2, 0) is 19.5 Å². The lowest BCUT2D eigenvalue weighted by molar-refractivity contribution is -0.123. The predicted molar refractivity (Wildman–Crippen MR) is 138 cm³/mol. The summed E-state index contributed by atoms with van der Waals surface area (Å²) in [6.07, 6.45) is 11.7. The molecule has 0 spiro atoms. The van der Waals surface area contributed by atoms with Gasteiger partial charge in [-0.15, -0.1) is 0 Å². The van der Waals surface area contributed by atoms with Gasteiger partial charge < -0.3 is 11.1 Å². The minimum atomic E-state index is -2.91. The van der Waals surface area contributed by atoms with Crippen LogP contribution in [0.2, 0.25) is 0 Å². The smallest absolute Gasteiger partial charge is 0.220 e. The summed E-state index contributed by atoms with van der Waals surface area (Å²) in [7, 11) is -2.91. The van der Waals surface area contributed by atoms with Crippen molar-refractivity contribution in [2.24, 2.45) is 23.5 Å². The summed E-state index contributed by atoms with van der Waals surface area (Å²) >= 11 is 0. The Hall–Kier alpha value is -0.820. The van der Waals surface area contributed by atoms with E-state index in [0.29, 0.717) is 24.0 Å². The molecule has 4 heterocycles. The van der Waals surface area contributed by atoms with E-state index in [1.165, 1.54) is 12.7 Å². The van der Waals surface area contributed by atoms with Crippen molar-refractivity contribution in [3.8, 4) is 0 Å². The highest BCUT2D eigenvalue weighted by molar-refractivity contribution is 7.91. The normalized spacial score (nSPS) is 40.0. The van der Waals surface area contributed by atoms with E-state index in [-0.39, 0.29) is 29.5 Å². The Labute approximate surface area is 216 Å². The molecule has 10 nitrogen and oxygen atoms in total. The van der Waals surface area contributed by atoms with Gasteiger partial charge in [0.1, 0.15) is 16.1 Å². The van der Waals surface area contributed by atoms with Gasteiger partial charge in [-0.2, -0.15) is 5.48 Å². The fraction of sp³-hybridized carbons (Fsp3) is 0.960. The lowest BCUT2D eigenvalue weighted by Crippen LogP contribution is -2.57. The molecule has 5 atom stereocenters. The van der Waals surface area contributed by atoms with Crippen molar-refractivity contribution in [2.45, 2.75) is 94.1 Å². The summed E-state index contributed by atoms with van der Waals surface area (Å²) in [6.45, 7) is 4.97. The van der Waals surface area contributed by atoms with Crippen LogP contribution in [0.25, 0.3) is 0 Å². The summed E-state index contributed by atoms with van der Waals surface area (Å²) in [5.41, 5.74) is 8.85. The Morgan fingerprint density at radius 1 is 1.03 bits per heavy atom. The summed E-state index contributed by atoms with van der Waals surface area (Å²) < 4.78 is 23.8. The third-order valence-electron chi connectivity index (χ3n) is 9.59. The van der Waals surface area contributed by atoms with Crippen molar-refractivity contribution in [1.82, 2.24) is 25.9 Å². The molecule has 36 heavy (non-hydrogen) atoms. The summed E-state index contributed by atoms with van der Waals surface area (Å²) in [4.78, 5) is 22.7. The Morgan fingerprint density at radius 2 is 1.78 bits per heavy atom. The first kappa shape index (κ1) is 26.8. The van der Waals surface area contributed by atoms with E-state index in [1.54, 1.807) is 0 Å². The first-order chi connectivity index (χ1) is 17.3. The van der Waals surface area contributed by atoms with Crippen LogP contribution in [0.5, 0.6) is 0 Å². The molecule has 4 saturated heterocycles. The van der Waals surface area contributed by atoms with Crippen molar-refractivity contribution in [1.29, 1.82) is 0 Å². The number of likely N-dealkylation sites (tertiary alicyclic amines) is 2. The molecular weight excluding hydrogens is 480 g/mol. The number of carbonyl (C=O) groups is 1. The second-order valence-electron chi connectivity index (χ2n) is 11.9. The third kappa shape index (κ3) is 6.24. The average Bonchev–Trinajstić information content (AvgIpc) is 3.54. The number of carbonyl (C=O) groups excluding carboxylic acids is 1. The highest BCUT2D eigenvalue weighted by atomic mass is 32.2. The van der Waals surface area contributed by atoms with Gasteiger partial charge in [0.25, 0.3) is 0 Å². The second kappa shape index (κ2) is 11.5. The number of sulfone groups is 1. The zero-order chi connectivity index (χ0) is 25.3. The Balaban J connectivity index is 1.09. The van der Waals surface area contributed by atoms with Gasteiger partial charge in [-0.05, 0) is 89.1 Å². The van der Waals surface area contributed by atoms with E-state index in [9.17, 15) is 13.2 Å². The fourth-order valence-electron chi connectivity index (χ4n) is 7.31. The van der Waals surface area contributed by atoms with Crippen LogP contribution in [0, 0.1) is 17.8 Å². The molecule has 0 radical (unpaired) electrons. The van der Waals surface area contributed by atoms with E-state index in [4.69, 9.17) is 10.6 Å². The average molecular weight is 527 g/mol. The molecule has 1 amide bonds. The minimum Gasteiger partial charge on any atom is -0.369 e. The number of nitrogens with zero attached hydrogens (tertiary/aromatic N) is 2. The first-order valence-electron chi connectivity index (χ1n) is 14.1. The van der Waals surface area contributed by atoms with E-state index in [1.807, 2.05) is 0 Å². The van der Waals surface area contributed by atoms with Crippen LogP contribution in [0.15, 0.2) is 0 Å². The monoisotopic (exact) mass is 526 g/mol. The zero-order valence-corrected chi connectivity index (χ0v) is 22.6. The molecule has 5 N–H and O–H groups in total. The highest BCUT2D eigenvalue weighted by Gasteiger charge is 2.42. The summed E-state index contributed by atoms with van der Waals surface area (Å²) in [5.74, 6) is 0.931. The van der Waals surface area contributed by atoms with Gasteiger partial charge in [0.15, 0.2) is 0 Å². The minimum absolute atomic E-state index is 0.00972. The molecule has 1 aliphatic carbocycles. The van der Waals surface area contributed by atoms with Crippen molar-refractivity contribution in [3.05, 3.63) is 0 Å². The summed E-state index contributed by atoms with van der Waals surface area (Å²) in [6, 6.07) is 0.362. The van der Waals surface area contributed by atoms with Gasteiger partial charge in [0, 0.05) is 31.8 Å². The highest BCUT2D eigenvalue weighted by Crippen LogP contribution is 2.33. The quantitative estimate of drug-likeness (QED) is 0.371. The molecule has 1 saturated carbocycles. The molecule has 0 aromatic heterocycles. The van der Waals surface area contributed by atoms with Crippen LogP contribution in [0.4, 0.5) is 0 Å². The number of nitrogens with two attached hydrogens (primary N) is 1. The van der Waals surface area contributed by atoms with Crippen molar-refractivity contribution in [2.75, 3.05) is 39.0 Å². The summed E-state index contributed by atoms with van der Waals surface area (Å²) in [5, 5.41) is 7.32. The molecule has 0 aromatic carbocycles. The van der Waals surface area contributed by atoms with Gasteiger partial charge in [0.2, 0.25) is 5.91 Å². The Kier molecular flexibility index (Phi) is 8.56. The molecule has 5 unspecified atom stereocenters. The van der Waals surface area contributed by atoms with Gasteiger partial charge in [0.05, 0.1) is 23.6 Å². The van der Waals surface area contributed by atoms with E-state index < -0.39 is 9.84 Å². The van der Waals surface area contributed by atoms with E-state index in [0.717, 1.165) is 90.5 Å². The second-order valence-corrected chi connectivity index (χ2v) is 14.3. The van der Waals surface area contributed by atoms with Crippen LogP contribution < -0.4 is 21.8 Å². The van der Waals surface area contributed by atoms with Gasteiger partial charge in [-0.3, -0.25) is 24.7 Å². The van der Waals surface area contributed by atoms with Crippen LogP contribution in [-0.4, -0.2) is 93.0 Å². The van der Waals surface area contributed by atoms with Crippen molar-refractivity contribution < 1.29 is 18.0 Å². The molecule has 5 rings (SSSR count). The molecule has 4 aliphatic heterocycles. The molecular formula is C25H46N6O4S. The number of nitrogens with one attached hydrogen (secondary N) is 3. The number of piperidine rings is 2. The first-order valence-corrected chi connectivity index (χ1v) is 16.1. The molecule has 5 fully saturated rings. The lowest BCUT2D eigenvalue weighted by Gasteiger charge is -2.42. The molecule has 0 aromatic rings. The van der Waals surface area contributed by atoms with Crippen molar-refractivity contribution in [3.63, 3.8) is 0 Å². The number of hydrogen-bond acceptors (Lipinski definition) is 9. The maximum Gasteiger partial charge on any atom is 0.220 e. The number of hydroxylamine groups is 1. The van der Waals surface area contributed by atoms with Crippen LogP contribution in [0.1, 0.15) is 64.2 Å². The molecule has 0 bridgehead atoms. The standard InChI is InChI=1S/C25H46N6O4S/c1-36(33,34)20-6-4-17(5-7-20)16-31-12-2-3-21(31)25-28-24(29-35-25)19-8-11-27-22(15-19)30-13-9-18(10-14-30)23(26)32/h17-22,24-25,27-29H,2-16H2,1H3,(H2,26,32). The maximum absolute atomic E-state index is 11.9. The van der Waals surface area contributed by atoms with E-state index in [2.05, 4.69) is 25.9 Å². The zero-order valence-electron chi connectivity index (χ0n) is 21.7. The molecule has 5 aliphatic rings. The number of amides is 1. The van der Waals surface area contributed by atoms with Gasteiger partial charge in [-0.25, -0.2) is 8.42 Å². The van der Waals surface area contributed by atoms with E-state index >= 15 is 0 Å². The van der Waals surface area contributed by atoms with Crippen LogP contribution >= 0.6 is 0 Å². The molecule has 206 valence electrons. The Bertz CT molecular complexity index is 859. The maximum atomic E-state index is 11.9. The number of hydrogen-bond donors (Lipinski definition) is 4. The third-order valence-corrected chi connectivity index (χ3v) is 11.3. The molecule has 11 heteroatoms. The SMILES string of the molecule is CS(=O)(=O)C1CCC(CN2CCCC2C2NC(C3CCNC(N4CCC(C(N)=O)CC4)C3)NO2)CC1. The van der Waals surface area contributed by atoms with Gasteiger partial charge >= 0.3 is 0 Å². The lowest BCUT2D eigenvalue weighted by atomic mass is 9.88. The fourth-order valence-corrected chi connectivity index (χ4v) is 8.44. The van der Waals surface area contributed by atoms with Crippen molar-refractivity contribution >= 4 is 15.7 Å². The number of rotatable bonds is 7.